The second-order valence-corrected chi connectivity index (χ2v) is 6.68. The largest absolute Gasteiger partial charge is 0.330 e. The van der Waals surface area contributed by atoms with Crippen molar-refractivity contribution in [2.24, 2.45) is 11.7 Å². The van der Waals surface area contributed by atoms with Crippen LogP contribution in [0.3, 0.4) is 0 Å². The molecular formula is C12H20N2S2. The van der Waals surface area contributed by atoms with E-state index in [1.807, 2.05) is 11.3 Å². The first kappa shape index (κ1) is 12.4. The minimum Gasteiger partial charge on any atom is -0.330 e. The summed E-state index contributed by atoms with van der Waals surface area (Å²) in [6, 6.07) is 0. The quantitative estimate of drug-likeness (QED) is 0.900. The lowest BCUT2D eigenvalue weighted by atomic mass is 10.0. The Bertz CT molecular complexity index is 319. The van der Waals surface area contributed by atoms with Gasteiger partial charge in [0.05, 0.1) is 10.7 Å². The molecule has 2 rings (SSSR count). The fraction of sp³-hybridized carbons (Fsp3) is 0.750. The molecule has 0 saturated carbocycles. The molecule has 1 aromatic heterocycles. The van der Waals surface area contributed by atoms with Gasteiger partial charge in [0, 0.05) is 24.3 Å². The lowest BCUT2D eigenvalue weighted by Gasteiger charge is -2.19. The minimum atomic E-state index is 0.408. The van der Waals surface area contributed by atoms with Gasteiger partial charge in [0.25, 0.3) is 0 Å². The molecule has 0 spiro atoms. The number of rotatable bonds is 4. The Labute approximate surface area is 106 Å². The van der Waals surface area contributed by atoms with Gasteiger partial charge in [0.1, 0.15) is 0 Å². The van der Waals surface area contributed by atoms with Gasteiger partial charge in [-0.2, -0.15) is 11.8 Å². The van der Waals surface area contributed by atoms with Crippen LogP contribution in [0.4, 0.5) is 0 Å². The van der Waals surface area contributed by atoms with Crippen molar-refractivity contribution in [2.75, 3.05) is 18.1 Å². The zero-order valence-corrected chi connectivity index (χ0v) is 11.4. The van der Waals surface area contributed by atoms with Crippen LogP contribution in [-0.4, -0.2) is 23.0 Å². The molecule has 0 aromatic carbocycles. The van der Waals surface area contributed by atoms with E-state index in [9.17, 15) is 0 Å². The van der Waals surface area contributed by atoms with Crippen LogP contribution in [0.1, 0.15) is 36.4 Å². The molecule has 1 aliphatic heterocycles. The Morgan fingerprint density at radius 3 is 3.19 bits per heavy atom. The molecule has 2 nitrogen and oxygen atoms in total. The zero-order chi connectivity index (χ0) is 11.4. The molecule has 2 atom stereocenters. The molecule has 0 amide bonds. The lowest BCUT2D eigenvalue weighted by molar-refractivity contribution is 0.519. The standard InChI is InChI=1S/C12H20N2S2/c1-9(6-13)11-8-16-12(14-11)5-10-3-2-4-15-7-10/h8-10H,2-7,13H2,1H3. The average molecular weight is 256 g/mol. The highest BCUT2D eigenvalue weighted by molar-refractivity contribution is 7.99. The zero-order valence-electron chi connectivity index (χ0n) is 9.82. The summed E-state index contributed by atoms with van der Waals surface area (Å²) in [6.45, 7) is 2.84. The second-order valence-electron chi connectivity index (χ2n) is 4.59. The molecule has 0 radical (unpaired) electrons. The Morgan fingerprint density at radius 1 is 1.62 bits per heavy atom. The first-order chi connectivity index (χ1) is 7.79. The Hall–Kier alpha value is -0.0600. The Balaban J connectivity index is 1.91. The summed E-state index contributed by atoms with van der Waals surface area (Å²) in [7, 11) is 0. The van der Waals surface area contributed by atoms with Crippen LogP contribution >= 0.6 is 23.1 Å². The molecular weight excluding hydrogens is 236 g/mol. The third-order valence-electron chi connectivity index (χ3n) is 3.15. The van der Waals surface area contributed by atoms with E-state index in [-0.39, 0.29) is 0 Å². The van der Waals surface area contributed by atoms with Gasteiger partial charge < -0.3 is 5.73 Å². The van der Waals surface area contributed by atoms with Gasteiger partial charge >= 0.3 is 0 Å². The van der Waals surface area contributed by atoms with Crippen LogP contribution in [0.5, 0.6) is 0 Å². The van der Waals surface area contributed by atoms with Crippen LogP contribution in [-0.2, 0) is 6.42 Å². The fourth-order valence-electron chi connectivity index (χ4n) is 1.98. The van der Waals surface area contributed by atoms with E-state index in [0.29, 0.717) is 12.5 Å². The van der Waals surface area contributed by atoms with Crippen LogP contribution in [0.2, 0.25) is 0 Å². The maximum absolute atomic E-state index is 5.66. The number of thioether (sulfide) groups is 1. The van der Waals surface area contributed by atoms with Gasteiger partial charge in [-0.3, -0.25) is 0 Å². The monoisotopic (exact) mass is 256 g/mol. The van der Waals surface area contributed by atoms with E-state index < -0.39 is 0 Å². The lowest BCUT2D eigenvalue weighted by Crippen LogP contribution is -2.13. The number of thiazole rings is 1. The maximum atomic E-state index is 5.66. The summed E-state index contributed by atoms with van der Waals surface area (Å²) in [6.07, 6.45) is 3.94. The Morgan fingerprint density at radius 2 is 2.50 bits per heavy atom. The molecule has 1 aliphatic rings. The highest BCUT2D eigenvalue weighted by atomic mass is 32.2. The molecule has 90 valence electrons. The van der Waals surface area contributed by atoms with Crippen LogP contribution in [0, 0.1) is 5.92 Å². The Kier molecular flexibility index (Phi) is 4.67. The smallest absolute Gasteiger partial charge is 0.0931 e. The SMILES string of the molecule is CC(CN)c1csc(CC2CCCSC2)n1. The van der Waals surface area contributed by atoms with E-state index in [1.165, 1.54) is 41.5 Å². The third-order valence-corrected chi connectivity index (χ3v) is 5.32. The van der Waals surface area contributed by atoms with Crippen LogP contribution in [0.15, 0.2) is 5.38 Å². The number of hydrogen-bond acceptors (Lipinski definition) is 4. The summed E-state index contributed by atoms with van der Waals surface area (Å²) in [5.41, 5.74) is 6.84. The van der Waals surface area contributed by atoms with E-state index in [2.05, 4.69) is 24.1 Å². The number of hydrogen-bond donors (Lipinski definition) is 1. The highest BCUT2D eigenvalue weighted by Gasteiger charge is 2.16. The van der Waals surface area contributed by atoms with E-state index >= 15 is 0 Å². The van der Waals surface area contributed by atoms with Crippen molar-refractivity contribution in [3.05, 3.63) is 16.1 Å². The van der Waals surface area contributed by atoms with Gasteiger partial charge in [0.2, 0.25) is 0 Å². The predicted molar refractivity (Wildman–Crippen MR) is 73.3 cm³/mol. The third kappa shape index (κ3) is 3.22. The van der Waals surface area contributed by atoms with Gasteiger partial charge in [-0.15, -0.1) is 11.3 Å². The van der Waals surface area contributed by atoms with Crippen molar-refractivity contribution < 1.29 is 0 Å². The molecule has 4 heteroatoms. The average Bonchev–Trinajstić information content (AvgIpc) is 2.78. The molecule has 1 aromatic rings. The molecule has 1 fully saturated rings. The topological polar surface area (TPSA) is 38.9 Å². The minimum absolute atomic E-state index is 0.408. The summed E-state index contributed by atoms with van der Waals surface area (Å²) in [5, 5.41) is 3.49. The highest BCUT2D eigenvalue weighted by Crippen LogP contribution is 2.27. The van der Waals surface area contributed by atoms with E-state index in [1.54, 1.807) is 0 Å². The van der Waals surface area contributed by atoms with Crippen molar-refractivity contribution in [1.82, 2.24) is 4.98 Å². The molecule has 0 aliphatic carbocycles. The summed E-state index contributed by atoms with van der Waals surface area (Å²) in [4.78, 5) is 4.70. The molecule has 0 bridgehead atoms. The van der Waals surface area contributed by atoms with Gasteiger partial charge in [-0.05, 0) is 30.3 Å². The molecule has 1 saturated heterocycles. The van der Waals surface area contributed by atoms with Crippen LogP contribution < -0.4 is 5.73 Å². The van der Waals surface area contributed by atoms with E-state index in [0.717, 1.165) is 5.92 Å². The summed E-state index contributed by atoms with van der Waals surface area (Å²) < 4.78 is 0. The number of nitrogens with two attached hydrogens (primary N) is 1. The van der Waals surface area contributed by atoms with Gasteiger partial charge in [-0.1, -0.05) is 6.92 Å². The molecule has 16 heavy (non-hydrogen) atoms. The van der Waals surface area contributed by atoms with Gasteiger partial charge in [-0.25, -0.2) is 4.98 Å². The van der Waals surface area contributed by atoms with Crippen LogP contribution in [0.25, 0.3) is 0 Å². The fourth-order valence-corrected chi connectivity index (χ4v) is 4.17. The summed E-state index contributed by atoms with van der Waals surface area (Å²) >= 11 is 3.91. The maximum Gasteiger partial charge on any atom is 0.0931 e. The summed E-state index contributed by atoms with van der Waals surface area (Å²) in [5.74, 6) is 3.93. The van der Waals surface area contributed by atoms with Crippen molar-refractivity contribution in [3.63, 3.8) is 0 Å². The molecule has 2 N–H and O–H groups in total. The van der Waals surface area contributed by atoms with Crippen molar-refractivity contribution in [3.8, 4) is 0 Å². The van der Waals surface area contributed by atoms with Crippen molar-refractivity contribution in [1.29, 1.82) is 0 Å². The normalized spacial score (nSPS) is 23.2. The van der Waals surface area contributed by atoms with E-state index in [4.69, 9.17) is 10.7 Å². The molecule has 2 unspecified atom stereocenters. The van der Waals surface area contributed by atoms with Gasteiger partial charge in [0.15, 0.2) is 0 Å². The first-order valence-electron chi connectivity index (χ1n) is 6.01. The first-order valence-corrected chi connectivity index (χ1v) is 8.05. The number of nitrogens with zero attached hydrogens (tertiary/aromatic N) is 1. The second kappa shape index (κ2) is 6.03. The molecule has 2 heterocycles. The van der Waals surface area contributed by atoms with Crippen molar-refractivity contribution in [2.45, 2.75) is 32.1 Å². The number of aromatic nitrogens is 1. The van der Waals surface area contributed by atoms with Crippen molar-refractivity contribution >= 4 is 23.1 Å². The predicted octanol–water partition coefficient (Wildman–Crippen LogP) is 2.89.